The Bertz CT molecular complexity index is 361. The fourth-order valence-electron chi connectivity index (χ4n) is 1.26. The van der Waals surface area contributed by atoms with Crippen molar-refractivity contribution in [2.45, 2.75) is 66.3 Å². The van der Waals surface area contributed by atoms with Crippen LogP contribution in [-0.2, 0) is 11.0 Å². The molecule has 16 heavy (non-hydrogen) atoms. The van der Waals surface area contributed by atoms with Gasteiger partial charge in [-0.3, -0.25) is 0 Å². The van der Waals surface area contributed by atoms with Crippen LogP contribution in [0.25, 0.3) is 0 Å². The normalized spacial score (nSPS) is 14.2. The maximum Gasteiger partial charge on any atom is 0.0888 e. The maximum atomic E-state index is 4.33. The molecule has 0 aliphatic rings. The van der Waals surface area contributed by atoms with Crippen LogP contribution in [0, 0.1) is 5.41 Å². The molecule has 0 spiro atoms. The van der Waals surface area contributed by atoms with E-state index < -0.39 is 0 Å². The van der Waals surface area contributed by atoms with Crippen LogP contribution in [0.15, 0.2) is 6.20 Å². The first-order valence-corrected chi connectivity index (χ1v) is 5.89. The molecule has 0 radical (unpaired) electrons. The second kappa shape index (κ2) is 3.57. The van der Waals surface area contributed by atoms with Crippen molar-refractivity contribution in [3.8, 4) is 0 Å². The molecule has 0 atom stereocenters. The first-order valence-electron chi connectivity index (χ1n) is 5.89. The van der Waals surface area contributed by atoms with Gasteiger partial charge in [0, 0.05) is 11.6 Å². The van der Waals surface area contributed by atoms with Gasteiger partial charge in [-0.1, -0.05) is 39.8 Å². The highest BCUT2D eigenvalue weighted by molar-refractivity contribution is 5.13. The lowest BCUT2D eigenvalue weighted by Crippen LogP contribution is -2.34. The molecule has 0 unspecified atom stereocenters. The summed E-state index contributed by atoms with van der Waals surface area (Å²) in [5.41, 5.74) is 1.26. The van der Waals surface area contributed by atoms with Gasteiger partial charge in [0.2, 0.25) is 0 Å². The Balaban J connectivity index is 3.13. The monoisotopic (exact) mass is 223 g/mol. The first-order chi connectivity index (χ1) is 6.96. The average molecular weight is 223 g/mol. The van der Waals surface area contributed by atoms with E-state index in [9.17, 15) is 0 Å². The van der Waals surface area contributed by atoms with E-state index in [-0.39, 0.29) is 16.4 Å². The first kappa shape index (κ1) is 13.2. The summed E-state index contributed by atoms with van der Waals surface area (Å²) in [5, 5.41) is 8.57. The number of rotatable bonds is 1. The van der Waals surface area contributed by atoms with Gasteiger partial charge in [0.05, 0.1) is 11.2 Å². The van der Waals surface area contributed by atoms with E-state index >= 15 is 0 Å². The molecule has 0 bridgehead atoms. The smallest absolute Gasteiger partial charge is 0.0888 e. The van der Waals surface area contributed by atoms with E-state index in [1.54, 1.807) is 0 Å². The van der Waals surface area contributed by atoms with E-state index in [1.807, 2.05) is 4.68 Å². The van der Waals surface area contributed by atoms with E-state index in [0.717, 1.165) is 5.69 Å². The highest BCUT2D eigenvalue weighted by Gasteiger charge is 2.37. The van der Waals surface area contributed by atoms with Crippen molar-refractivity contribution in [3.05, 3.63) is 11.9 Å². The molecule has 1 aromatic rings. The summed E-state index contributed by atoms with van der Waals surface area (Å²) in [6, 6.07) is 0. The van der Waals surface area contributed by atoms with Crippen molar-refractivity contribution in [2.24, 2.45) is 5.41 Å². The van der Waals surface area contributed by atoms with Crippen LogP contribution >= 0.6 is 0 Å². The lowest BCUT2D eigenvalue weighted by atomic mass is 9.67. The van der Waals surface area contributed by atoms with Gasteiger partial charge < -0.3 is 0 Å². The van der Waals surface area contributed by atoms with Gasteiger partial charge in [0.25, 0.3) is 0 Å². The van der Waals surface area contributed by atoms with E-state index in [4.69, 9.17) is 0 Å². The maximum absolute atomic E-state index is 4.33. The Morgan fingerprint density at radius 3 is 1.75 bits per heavy atom. The predicted molar refractivity (Wildman–Crippen MR) is 67.5 cm³/mol. The average Bonchev–Trinajstić information content (AvgIpc) is 2.47. The fourth-order valence-corrected chi connectivity index (χ4v) is 1.26. The third-order valence-corrected chi connectivity index (χ3v) is 3.70. The Labute approximate surface area is 99.2 Å². The number of aromatic nitrogens is 3. The quantitative estimate of drug-likeness (QED) is 0.731. The van der Waals surface area contributed by atoms with Crippen LogP contribution in [0.3, 0.4) is 0 Å². The number of hydrogen-bond donors (Lipinski definition) is 0. The molecule has 1 heterocycles. The molecule has 0 aromatic carbocycles. The molecule has 3 heteroatoms. The number of hydrogen-bond acceptors (Lipinski definition) is 2. The summed E-state index contributed by atoms with van der Waals surface area (Å²) >= 11 is 0. The largest absolute Gasteiger partial charge is 0.247 e. The predicted octanol–water partition coefficient (Wildman–Crippen LogP) is 3.36. The minimum atomic E-state index is -0.000779. The van der Waals surface area contributed by atoms with Crippen LogP contribution in [0.4, 0.5) is 0 Å². The molecule has 92 valence electrons. The molecular weight excluding hydrogens is 198 g/mol. The molecule has 0 N–H and O–H groups in total. The Kier molecular flexibility index (Phi) is 2.95. The van der Waals surface area contributed by atoms with Crippen molar-refractivity contribution in [1.82, 2.24) is 15.0 Å². The molecule has 0 amide bonds. The summed E-state index contributed by atoms with van der Waals surface area (Å²) in [5.74, 6) is 0. The minimum Gasteiger partial charge on any atom is -0.247 e. The van der Waals surface area contributed by atoms with Crippen molar-refractivity contribution in [2.75, 3.05) is 0 Å². The van der Waals surface area contributed by atoms with Gasteiger partial charge in [-0.2, -0.15) is 0 Å². The van der Waals surface area contributed by atoms with E-state index in [2.05, 4.69) is 71.9 Å². The molecule has 0 saturated carbocycles. The Hall–Kier alpha value is -0.860. The second-order valence-electron chi connectivity index (χ2n) is 7.09. The lowest BCUT2D eigenvalue weighted by Gasteiger charge is -2.37. The molecule has 0 fully saturated rings. The summed E-state index contributed by atoms with van der Waals surface area (Å²) in [6.07, 6.45) is 2.07. The van der Waals surface area contributed by atoms with Gasteiger partial charge in [0.1, 0.15) is 0 Å². The van der Waals surface area contributed by atoms with Crippen LogP contribution in [0.1, 0.15) is 61.1 Å². The van der Waals surface area contributed by atoms with Crippen LogP contribution in [-0.4, -0.2) is 15.0 Å². The molecule has 3 nitrogen and oxygen atoms in total. The molecule has 0 saturated heterocycles. The third-order valence-electron chi connectivity index (χ3n) is 3.70. The zero-order valence-corrected chi connectivity index (χ0v) is 11.9. The van der Waals surface area contributed by atoms with E-state index in [0.29, 0.717) is 0 Å². The lowest BCUT2D eigenvalue weighted by molar-refractivity contribution is 0.219. The summed E-state index contributed by atoms with van der Waals surface area (Å²) in [6.45, 7) is 17.6. The Morgan fingerprint density at radius 2 is 1.44 bits per heavy atom. The van der Waals surface area contributed by atoms with Gasteiger partial charge in [-0.25, -0.2) is 4.68 Å². The SMILES string of the molecule is CC(C)(C)n1cc(C(C)(C)C(C)(C)C)nn1. The second-order valence-corrected chi connectivity index (χ2v) is 7.09. The van der Waals surface area contributed by atoms with Crippen LogP contribution in [0.5, 0.6) is 0 Å². The van der Waals surface area contributed by atoms with Crippen molar-refractivity contribution in [1.29, 1.82) is 0 Å². The molecular formula is C13H25N3. The third kappa shape index (κ3) is 2.28. The molecule has 1 aromatic heterocycles. The van der Waals surface area contributed by atoms with Crippen molar-refractivity contribution >= 4 is 0 Å². The van der Waals surface area contributed by atoms with Gasteiger partial charge in [-0.15, -0.1) is 5.10 Å². The zero-order chi connectivity index (χ0) is 12.8. The molecule has 0 aliphatic carbocycles. The van der Waals surface area contributed by atoms with Crippen LogP contribution < -0.4 is 0 Å². The summed E-state index contributed by atoms with van der Waals surface area (Å²) < 4.78 is 1.94. The van der Waals surface area contributed by atoms with Crippen molar-refractivity contribution < 1.29 is 0 Å². The minimum absolute atomic E-state index is 0.000779. The van der Waals surface area contributed by atoms with E-state index in [1.165, 1.54) is 0 Å². The standard InChI is InChI=1S/C13H25N3/c1-11(2,3)13(7,8)10-9-16(15-14-10)12(4,5)6/h9H,1-8H3. The Morgan fingerprint density at radius 1 is 0.938 bits per heavy atom. The van der Waals surface area contributed by atoms with Crippen molar-refractivity contribution in [3.63, 3.8) is 0 Å². The van der Waals surface area contributed by atoms with Gasteiger partial charge >= 0.3 is 0 Å². The highest BCUT2D eigenvalue weighted by Crippen LogP contribution is 2.39. The highest BCUT2D eigenvalue weighted by atomic mass is 15.4. The van der Waals surface area contributed by atoms with Crippen LogP contribution in [0.2, 0.25) is 0 Å². The van der Waals surface area contributed by atoms with Gasteiger partial charge in [-0.05, 0) is 26.2 Å². The summed E-state index contributed by atoms with van der Waals surface area (Å²) in [7, 11) is 0. The number of nitrogens with zero attached hydrogens (tertiary/aromatic N) is 3. The molecule has 0 aliphatic heterocycles. The topological polar surface area (TPSA) is 30.7 Å². The molecule has 1 rings (SSSR count). The zero-order valence-electron chi connectivity index (χ0n) is 11.9. The summed E-state index contributed by atoms with van der Waals surface area (Å²) in [4.78, 5) is 0. The fraction of sp³-hybridized carbons (Fsp3) is 0.846. The van der Waals surface area contributed by atoms with Gasteiger partial charge in [0.15, 0.2) is 0 Å².